The zero-order chi connectivity index (χ0) is 13.8. The lowest BCUT2D eigenvalue weighted by Gasteiger charge is -2.12. The molecule has 6 heteroatoms. The minimum absolute atomic E-state index is 0.246. The zero-order valence-electron chi connectivity index (χ0n) is 10.5. The molecule has 0 saturated carbocycles. The summed E-state index contributed by atoms with van der Waals surface area (Å²) in [4.78, 5) is 4.26. The van der Waals surface area contributed by atoms with E-state index in [0.717, 1.165) is 16.4 Å². The Balaban J connectivity index is 2.26. The van der Waals surface area contributed by atoms with E-state index in [4.69, 9.17) is 16.7 Å². The Hall–Kier alpha value is -1.01. The highest BCUT2D eigenvalue weighted by Crippen LogP contribution is 2.26. The molecule has 0 amide bonds. The van der Waals surface area contributed by atoms with Crippen LogP contribution in [0.2, 0.25) is 5.02 Å². The number of hydrogen-bond donors (Lipinski definition) is 2. The summed E-state index contributed by atoms with van der Waals surface area (Å²) in [6, 6.07) is 5.71. The number of halogens is 1. The number of benzene rings is 1. The number of aliphatic hydroxyl groups excluding tert-OH is 2. The summed E-state index contributed by atoms with van der Waals surface area (Å²) in [6.07, 6.45) is 2.82. The van der Waals surface area contributed by atoms with Crippen LogP contribution < -0.4 is 0 Å². The fraction of sp³-hybridized carbons (Fsp3) is 0.308. The van der Waals surface area contributed by atoms with Crippen LogP contribution >= 0.6 is 23.4 Å². The average molecular weight is 299 g/mol. The second-order valence-corrected chi connectivity index (χ2v) is 5.51. The summed E-state index contributed by atoms with van der Waals surface area (Å²) in [5, 5.41) is 19.7. The third kappa shape index (κ3) is 3.30. The molecule has 2 aromatic rings. The molecule has 0 aliphatic rings. The fourth-order valence-electron chi connectivity index (χ4n) is 1.66. The third-order valence-electron chi connectivity index (χ3n) is 2.72. The second-order valence-electron chi connectivity index (χ2n) is 4.11. The summed E-state index contributed by atoms with van der Waals surface area (Å²) in [5.41, 5.74) is 1.94. The number of aliphatic hydroxyl groups is 2. The van der Waals surface area contributed by atoms with Gasteiger partial charge in [0, 0.05) is 23.2 Å². The average Bonchev–Trinajstić information content (AvgIpc) is 2.87. The van der Waals surface area contributed by atoms with Crippen LogP contribution in [0.5, 0.6) is 0 Å². The topological polar surface area (TPSA) is 58.3 Å². The molecule has 1 aromatic heterocycles. The van der Waals surface area contributed by atoms with Crippen molar-refractivity contribution in [2.24, 2.45) is 0 Å². The number of rotatable bonds is 5. The lowest BCUT2D eigenvalue weighted by molar-refractivity contribution is 0.113. The second kappa shape index (κ2) is 6.43. The molecule has 0 aliphatic carbocycles. The maximum absolute atomic E-state index is 9.39. The van der Waals surface area contributed by atoms with Gasteiger partial charge in [-0.1, -0.05) is 29.4 Å². The number of nitrogens with zero attached hydrogens (tertiary/aromatic N) is 2. The number of aromatic nitrogens is 2. The van der Waals surface area contributed by atoms with Crippen molar-refractivity contribution in [3.8, 4) is 5.69 Å². The van der Waals surface area contributed by atoms with Gasteiger partial charge in [0.1, 0.15) is 0 Å². The molecule has 102 valence electrons. The van der Waals surface area contributed by atoms with E-state index in [1.54, 1.807) is 6.20 Å². The van der Waals surface area contributed by atoms with Gasteiger partial charge in [-0.15, -0.1) is 0 Å². The first kappa shape index (κ1) is 14.4. The van der Waals surface area contributed by atoms with Gasteiger partial charge in [0.25, 0.3) is 0 Å². The molecule has 0 aliphatic heterocycles. The first-order valence-corrected chi connectivity index (χ1v) is 7.20. The van der Waals surface area contributed by atoms with Crippen molar-refractivity contribution in [3.05, 3.63) is 41.2 Å². The molecule has 1 aromatic carbocycles. The first-order chi connectivity index (χ1) is 9.13. The highest BCUT2D eigenvalue weighted by Gasteiger charge is 2.11. The molecular weight excluding hydrogens is 284 g/mol. The molecule has 0 bridgehead atoms. The maximum atomic E-state index is 9.39. The van der Waals surface area contributed by atoms with E-state index in [0.29, 0.717) is 10.8 Å². The van der Waals surface area contributed by atoms with E-state index >= 15 is 0 Å². The van der Waals surface area contributed by atoms with Crippen LogP contribution in [0.3, 0.4) is 0 Å². The van der Waals surface area contributed by atoms with Crippen LogP contribution in [-0.4, -0.2) is 38.2 Å². The van der Waals surface area contributed by atoms with E-state index in [9.17, 15) is 5.11 Å². The Kier molecular flexibility index (Phi) is 4.87. The first-order valence-electron chi connectivity index (χ1n) is 5.84. The predicted molar refractivity (Wildman–Crippen MR) is 77.1 cm³/mol. The molecule has 2 N–H and O–H groups in total. The monoisotopic (exact) mass is 298 g/mol. The molecule has 1 heterocycles. The molecule has 0 saturated heterocycles. The van der Waals surface area contributed by atoms with E-state index < -0.39 is 6.10 Å². The smallest absolute Gasteiger partial charge is 0.172 e. The standard InChI is InChI=1S/C13H15ClN2O2S/c1-9-11(14)3-2-4-12(9)16-6-5-15-13(16)19-8-10(18)7-17/h2-6,10,17-18H,7-8H2,1H3/t10-/m0/s1. The van der Waals surface area contributed by atoms with Gasteiger partial charge >= 0.3 is 0 Å². The molecule has 1 atom stereocenters. The van der Waals surface area contributed by atoms with Crippen LogP contribution in [0.15, 0.2) is 35.7 Å². The molecule has 0 spiro atoms. The summed E-state index contributed by atoms with van der Waals surface area (Å²) >= 11 is 7.51. The van der Waals surface area contributed by atoms with Gasteiger partial charge in [-0.2, -0.15) is 0 Å². The van der Waals surface area contributed by atoms with Gasteiger partial charge < -0.3 is 10.2 Å². The van der Waals surface area contributed by atoms with Gasteiger partial charge in [0.15, 0.2) is 5.16 Å². The van der Waals surface area contributed by atoms with Gasteiger partial charge in [-0.3, -0.25) is 4.57 Å². The van der Waals surface area contributed by atoms with Crippen molar-refractivity contribution >= 4 is 23.4 Å². The van der Waals surface area contributed by atoms with E-state index in [-0.39, 0.29) is 6.61 Å². The van der Waals surface area contributed by atoms with E-state index in [2.05, 4.69) is 4.98 Å². The van der Waals surface area contributed by atoms with Crippen molar-refractivity contribution in [2.45, 2.75) is 18.2 Å². The van der Waals surface area contributed by atoms with E-state index in [1.807, 2.05) is 35.9 Å². The predicted octanol–water partition coefficient (Wildman–Crippen LogP) is 2.28. The van der Waals surface area contributed by atoms with Crippen molar-refractivity contribution in [3.63, 3.8) is 0 Å². The summed E-state index contributed by atoms with van der Waals surface area (Å²) in [5.74, 6) is 0.396. The molecule has 0 fully saturated rings. The Morgan fingerprint density at radius 1 is 1.47 bits per heavy atom. The maximum Gasteiger partial charge on any atom is 0.172 e. The van der Waals surface area contributed by atoms with Crippen LogP contribution in [0.1, 0.15) is 5.56 Å². The van der Waals surface area contributed by atoms with Crippen molar-refractivity contribution in [1.29, 1.82) is 0 Å². The molecule has 0 unspecified atom stereocenters. The van der Waals surface area contributed by atoms with E-state index in [1.165, 1.54) is 11.8 Å². The summed E-state index contributed by atoms with van der Waals surface area (Å²) in [6.45, 7) is 1.71. The Morgan fingerprint density at radius 2 is 2.26 bits per heavy atom. The highest BCUT2D eigenvalue weighted by atomic mass is 35.5. The molecule has 19 heavy (non-hydrogen) atoms. The van der Waals surface area contributed by atoms with Crippen LogP contribution in [0.4, 0.5) is 0 Å². The quantitative estimate of drug-likeness (QED) is 0.832. The number of hydrogen-bond acceptors (Lipinski definition) is 4. The van der Waals surface area contributed by atoms with Crippen LogP contribution in [0.25, 0.3) is 5.69 Å². The van der Waals surface area contributed by atoms with Crippen molar-refractivity contribution in [1.82, 2.24) is 9.55 Å². The Bertz CT molecular complexity index is 559. The normalized spacial score (nSPS) is 12.6. The minimum atomic E-state index is -0.740. The molecule has 0 radical (unpaired) electrons. The largest absolute Gasteiger partial charge is 0.394 e. The summed E-state index contributed by atoms with van der Waals surface area (Å²) < 4.78 is 1.93. The summed E-state index contributed by atoms with van der Waals surface area (Å²) in [7, 11) is 0. The number of imidazole rings is 1. The van der Waals surface area contributed by atoms with Gasteiger partial charge in [-0.05, 0) is 24.6 Å². The zero-order valence-corrected chi connectivity index (χ0v) is 12.0. The lowest BCUT2D eigenvalue weighted by atomic mass is 10.2. The fourth-order valence-corrected chi connectivity index (χ4v) is 2.71. The lowest BCUT2D eigenvalue weighted by Crippen LogP contribution is -2.15. The van der Waals surface area contributed by atoms with Gasteiger partial charge in [0.2, 0.25) is 0 Å². The highest BCUT2D eigenvalue weighted by molar-refractivity contribution is 7.99. The molecular formula is C13H15ClN2O2S. The Labute approximate surface area is 121 Å². The molecule has 2 rings (SSSR count). The number of thioether (sulfide) groups is 1. The van der Waals surface area contributed by atoms with Crippen LogP contribution in [0, 0.1) is 6.92 Å². The van der Waals surface area contributed by atoms with Crippen molar-refractivity contribution < 1.29 is 10.2 Å². The third-order valence-corrected chi connectivity index (χ3v) is 4.24. The van der Waals surface area contributed by atoms with Gasteiger partial charge in [-0.25, -0.2) is 4.98 Å². The van der Waals surface area contributed by atoms with Crippen molar-refractivity contribution in [2.75, 3.05) is 12.4 Å². The SMILES string of the molecule is Cc1c(Cl)cccc1-n1ccnc1SC[C@@H](O)CO. The molecule has 4 nitrogen and oxygen atoms in total. The minimum Gasteiger partial charge on any atom is -0.394 e. The Morgan fingerprint density at radius 3 is 3.00 bits per heavy atom. The van der Waals surface area contributed by atoms with Crippen LogP contribution in [-0.2, 0) is 0 Å². The van der Waals surface area contributed by atoms with Gasteiger partial charge in [0.05, 0.1) is 18.4 Å².